The molecule has 0 aliphatic heterocycles. The molecule has 0 heterocycles. The van der Waals surface area contributed by atoms with Crippen LogP contribution in [0.1, 0.15) is 22.3 Å². The minimum absolute atomic E-state index is 0.364. The van der Waals surface area contributed by atoms with Gasteiger partial charge < -0.3 is 0 Å². The number of alkyl halides is 12. The van der Waals surface area contributed by atoms with Crippen LogP contribution in [0.3, 0.4) is 0 Å². The van der Waals surface area contributed by atoms with Crippen molar-refractivity contribution in [3.8, 4) is 0 Å². The van der Waals surface area contributed by atoms with Crippen LogP contribution in [0.15, 0.2) is 121 Å². The maximum absolute atomic E-state index is 13.3. The lowest BCUT2D eigenvalue weighted by Crippen LogP contribution is -2.27. The summed E-state index contributed by atoms with van der Waals surface area (Å²) in [5.74, 6) is 0. The molecule has 0 nitrogen and oxygen atoms in total. The Bertz CT molecular complexity index is 1590. The van der Waals surface area contributed by atoms with E-state index in [1.807, 2.05) is 0 Å². The highest BCUT2D eigenvalue weighted by Gasteiger charge is 2.34. The van der Waals surface area contributed by atoms with E-state index >= 15 is 0 Å². The molecule has 0 spiro atoms. The second kappa shape index (κ2) is 13.2. The number of benzene rings is 5. The van der Waals surface area contributed by atoms with Crippen molar-refractivity contribution < 1.29 is 52.7 Å². The molecule has 48 heavy (non-hydrogen) atoms. The van der Waals surface area contributed by atoms with Crippen molar-refractivity contribution >= 4 is 47.7 Å². The van der Waals surface area contributed by atoms with Crippen molar-refractivity contribution in [2.45, 2.75) is 24.7 Å². The molecule has 250 valence electrons. The minimum atomic E-state index is -4.64. The second-order valence-electron chi connectivity index (χ2n) is 10.4. The van der Waals surface area contributed by atoms with Crippen LogP contribution in [0.5, 0.6) is 0 Å². The van der Waals surface area contributed by atoms with Crippen LogP contribution in [-0.2, 0) is 24.7 Å². The first kappa shape index (κ1) is 35.4. The third-order valence-electron chi connectivity index (χ3n) is 7.16. The molecule has 0 aliphatic carbocycles. The zero-order valence-electron chi connectivity index (χ0n) is 24.0. The third kappa shape index (κ3) is 8.04. The molecule has 0 aliphatic rings. The van der Waals surface area contributed by atoms with Crippen LogP contribution in [-0.4, -0.2) is 0 Å². The zero-order chi connectivity index (χ0) is 35.1. The van der Waals surface area contributed by atoms with Gasteiger partial charge >= 0.3 is 24.7 Å². The van der Waals surface area contributed by atoms with E-state index in [1.54, 1.807) is 24.3 Å². The van der Waals surface area contributed by atoms with Gasteiger partial charge in [0.2, 0.25) is 0 Å². The van der Waals surface area contributed by atoms with Crippen LogP contribution in [0.4, 0.5) is 52.7 Å². The van der Waals surface area contributed by atoms with Gasteiger partial charge in [0.1, 0.15) is 0 Å². The molecule has 0 saturated carbocycles. The van der Waals surface area contributed by atoms with Crippen LogP contribution in [0.25, 0.3) is 0 Å². The van der Waals surface area contributed by atoms with E-state index < -0.39 is 62.8 Å². The van der Waals surface area contributed by atoms with Gasteiger partial charge in [-0.05, 0) is 102 Å². The summed E-state index contributed by atoms with van der Waals surface area (Å²) in [6.45, 7) is 0. The first-order chi connectivity index (χ1) is 22.3. The standard InChI is InChI=1S/C34H20F12P2/c35-31(36,37)21-4-12-25(13-5-21)47(26-14-6-22(7-15-26)32(38,39)40)29-2-1-3-30(20-29)48(27-16-8-23(9-17-27)33(41,42)43)28-18-10-24(11-19-28)34(44,45)46/h1-20H. The van der Waals surface area contributed by atoms with E-state index in [2.05, 4.69) is 0 Å². The Morgan fingerprint density at radius 2 is 0.479 bits per heavy atom. The first-order valence-electron chi connectivity index (χ1n) is 13.7. The summed E-state index contributed by atoms with van der Waals surface area (Å²) in [5, 5.41) is 2.42. The summed E-state index contributed by atoms with van der Waals surface area (Å²) < 4.78 is 160. The maximum atomic E-state index is 13.3. The lowest BCUT2D eigenvalue weighted by atomic mass is 10.2. The number of hydrogen-bond donors (Lipinski definition) is 0. The van der Waals surface area contributed by atoms with E-state index in [9.17, 15) is 52.7 Å². The molecule has 0 N–H and O–H groups in total. The Morgan fingerprint density at radius 1 is 0.271 bits per heavy atom. The van der Waals surface area contributed by atoms with Gasteiger partial charge in [-0.3, -0.25) is 0 Å². The predicted molar refractivity (Wildman–Crippen MR) is 164 cm³/mol. The van der Waals surface area contributed by atoms with Gasteiger partial charge in [0.15, 0.2) is 0 Å². The van der Waals surface area contributed by atoms with E-state index in [0.29, 0.717) is 31.8 Å². The number of halogens is 12. The molecule has 0 unspecified atom stereocenters. The summed E-state index contributed by atoms with van der Waals surface area (Å²) in [7, 11) is -3.57. The molecule has 0 amide bonds. The largest absolute Gasteiger partial charge is 0.416 e. The predicted octanol–water partition coefficient (Wildman–Crippen LogP) is 9.28. The van der Waals surface area contributed by atoms with Crippen molar-refractivity contribution in [3.63, 3.8) is 0 Å². The second-order valence-corrected chi connectivity index (χ2v) is 14.8. The molecule has 14 heteroatoms. The molecule has 5 aromatic rings. The third-order valence-corrected chi connectivity index (χ3v) is 12.0. The Balaban J connectivity index is 1.66. The van der Waals surface area contributed by atoms with Crippen LogP contribution in [0, 0.1) is 0 Å². The Morgan fingerprint density at radius 3 is 0.667 bits per heavy atom. The lowest BCUT2D eigenvalue weighted by Gasteiger charge is -2.24. The molecule has 0 atom stereocenters. The van der Waals surface area contributed by atoms with Crippen molar-refractivity contribution in [2.24, 2.45) is 0 Å². The van der Waals surface area contributed by atoms with Crippen LogP contribution < -0.4 is 31.8 Å². The highest BCUT2D eigenvalue weighted by molar-refractivity contribution is 7.81. The smallest absolute Gasteiger partial charge is 0.166 e. The minimum Gasteiger partial charge on any atom is -0.166 e. The van der Waals surface area contributed by atoms with E-state index in [0.717, 1.165) is 48.5 Å². The van der Waals surface area contributed by atoms with Gasteiger partial charge in [0, 0.05) is 0 Å². The molecule has 5 rings (SSSR count). The average Bonchev–Trinajstić information content (AvgIpc) is 3.01. The zero-order valence-corrected chi connectivity index (χ0v) is 25.8. The molecular formula is C34H20F12P2. The van der Waals surface area contributed by atoms with E-state index in [4.69, 9.17) is 0 Å². The van der Waals surface area contributed by atoms with Gasteiger partial charge in [-0.15, -0.1) is 0 Å². The van der Waals surface area contributed by atoms with Crippen molar-refractivity contribution in [3.05, 3.63) is 144 Å². The number of hydrogen-bond acceptors (Lipinski definition) is 0. The van der Waals surface area contributed by atoms with Gasteiger partial charge in [0.05, 0.1) is 22.3 Å². The SMILES string of the molecule is FC(F)(F)c1ccc(P(c2ccc(C(F)(F)F)cc2)c2cccc(P(c3ccc(C(F)(F)F)cc3)c3ccc(C(F)(F)F)cc3)c2)cc1. The summed E-state index contributed by atoms with van der Waals surface area (Å²) in [6.07, 6.45) is -18.6. The fourth-order valence-electron chi connectivity index (χ4n) is 4.86. The quantitative estimate of drug-likeness (QED) is 0.121. The topological polar surface area (TPSA) is 0 Å². The fourth-order valence-corrected chi connectivity index (χ4v) is 9.55. The highest BCUT2D eigenvalue weighted by atomic mass is 31.1. The van der Waals surface area contributed by atoms with Gasteiger partial charge in [0.25, 0.3) is 0 Å². The summed E-state index contributed by atoms with van der Waals surface area (Å²) >= 11 is 0. The lowest BCUT2D eigenvalue weighted by molar-refractivity contribution is -0.138. The van der Waals surface area contributed by atoms with E-state index in [-0.39, 0.29) is 0 Å². The van der Waals surface area contributed by atoms with Gasteiger partial charge in [-0.25, -0.2) is 0 Å². The fraction of sp³-hybridized carbons (Fsp3) is 0.118. The van der Waals surface area contributed by atoms with Crippen molar-refractivity contribution in [1.82, 2.24) is 0 Å². The Hall–Kier alpha value is -3.88. The molecular weight excluding hydrogens is 698 g/mol. The van der Waals surface area contributed by atoms with Gasteiger partial charge in [-0.2, -0.15) is 52.7 Å². The average molecular weight is 718 g/mol. The normalized spacial score (nSPS) is 13.0. The summed E-state index contributed by atoms with van der Waals surface area (Å²) in [6, 6.07) is 23.2. The van der Waals surface area contributed by atoms with Crippen LogP contribution in [0.2, 0.25) is 0 Å². The summed E-state index contributed by atoms with van der Waals surface area (Å²) in [5.41, 5.74) is -3.74. The Kier molecular flexibility index (Phi) is 9.74. The maximum Gasteiger partial charge on any atom is 0.416 e. The van der Waals surface area contributed by atoms with Crippen molar-refractivity contribution in [1.29, 1.82) is 0 Å². The van der Waals surface area contributed by atoms with Crippen LogP contribution >= 0.6 is 15.8 Å². The van der Waals surface area contributed by atoms with Crippen molar-refractivity contribution in [2.75, 3.05) is 0 Å². The summed E-state index contributed by atoms with van der Waals surface area (Å²) in [4.78, 5) is 0. The first-order valence-corrected chi connectivity index (χ1v) is 16.4. The van der Waals surface area contributed by atoms with E-state index in [1.165, 1.54) is 48.5 Å². The molecule has 0 aromatic heterocycles. The number of rotatable bonds is 6. The highest BCUT2D eigenvalue weighted by Crippen LogP contribution is 2.40. The molecule has 0 radical (unpaired) electrons. The molecule has 0 bridgehead atoms. The monoisotopic (exact) mass is 718 g/mol. The Labute approximate surface area is 268 Å². The molecule has 0 fully saturated rings. The molecule has 0 saturated heterocycles. The molecule has 5 aromatic carbocycles. The van der Waals surface area contributed by atoms with Gasteiger partial charge in [-0.1, -0.05) is 66.7 Å².